The van der Waals surface area contributed by atoms with E-state index in [1.807, 2.05) is 49.0 Å². The van der Waals surface area contributed by atoms with E-state index in [1.54, 1.807) is 12.4 Å². The highest BCUT2D eigenvalue weighted by Gasteiger charge is 2.25. The Balaban J connectivity index is 0.000000186. The fourth-order valence-electron chi connectivity index (χ4n) is 3.20. The molecule has 1 saturated carbocycles. The third kappa shape index (κ3) is 6.58. The number of allylic oxidation sites excluding steroid dienone is 5. The third-order valence-electron chi connectivity index (χ3n) is 4.94. The molecular formula is C25H31N7O. The first-order valence-corrected chi connectivity index (χ1v) is 11.0. The highest BCUT2D eigenvalue weighted by molar-refractivity contribution is 5.69. The lowest BCUT2D eigenvalue weighted by Crippen LogP contribution is -2.04. The van der Waals surface area contributed by atoms with Crippen molar-refractivity contribution in [2.75, 3.05) is 5.32 Å². The second-order valence-corrected chi connectivity index (χ2v) is 8.35. The Morgan fingerprint density at radius 3 is 2.67 bits per heavy atom. The molecule has 3 heterocycles. The molecule has 3 aromatic heterocycles. The summed E-state index contributed by atoms with van der Waals surface area (Å²) in [5.74, 6) is 1.89. The summed E-state index contributed by atoms with van der Waals surface area (Å²) in [6.45, 7) is 12.0. The van der Waals surface area contributed by atoms with Crippen LogP contribution in [0.5, 0.6) is 0 Å². The fraction of sp³-hybridized carbons (Fsp3) is 0.320. The molecular weight excluding hydrogens is 414 g/mol. The Bertz CT molecular complexity index is 1140. The van der Waals surface area contributed by atoms with E-state index in [-0.39, 0.29) is 6.04 Å². The predicted octanol–water partition coefficient (Wildman–Crippen LogP) is 5.24. The summed E-state index contributed by atoms with van der Waals surface area (Å²) in [4.78, 5) is 19.1. The molecule has 1 aliphatic rings. The number of imidazole rings is 1. The standard InChI is InChI=1S/C14H18N2.C11H13N5O/c1-4-5-13(8-11(2)3)16-9-14(15-10-16)12-6-7-12;1-8(2)16-6-13-15-11(16)9-4-3-5-10(14-9)12-7-17/h4-5,8-10,12H,1,6-7H2,2-3H3;3-8H,1-2H3,(H,12,14,17)/b13-5+;. The first kappa shape index (κ1) is 23.8. The minimum absolute atomic E-state index is 0.254. The van der Waals surface area contributed by atoms with Gasteiger partial charge in [-0.2, -0.15) is 0 Å². The molecule has 1 fully saturated rings. The third-order valence-corrected chi connectivity index (χ3v) is 4.94. The van der Waals surface area contributed by atoms with Crippen LogP contribution in [-0.2, 0) is 4.79 Å². The van der Waals surface area contributed by atoms with Crippen LogP contribution in [0.1, 0.15) is 58.2 Å². The molecule has 33 heavy (non-hydrogen) atoms. The number of nitrogens with one attached hydrogen (secondary N) is 1. The number of carbonyl (C=O) groups excluding carboxylic acids is 1. The summed E-state index contributed by atoms with van der Waals surface area (Å²) < 4.78 is 4.00. The Hall–Kier alpha value is -3.81. The molecule has 0 aliphatic heterocycles. The molecule has 0 bridgehead atoms. The van der Waals surface area contributed by atoms with E-state index >= 15 is 0 Å². The molecule has 1 N–H and O–H groups in total. The summed E-state index contributed by atoms with van der Waals surface area (Å²) in [5, 5.41) is 10.4. The van der Waals surface area contributed by atoms with Crippen LogP contribution in [0.2, 0.25) is 0 Å². The average molecular weight is 446 g/mol. The van der Waals surface area contributed by atoms with Gasteiger partial charge in [0, 0.05) is 23.9 Å². The number of aromatic nitrogens is 6. The number of anilines is 1. The summed E-state index contributed by atoms with van der Waals surface area (Å²) in [5.41, 5.74) is 4.30. The Morgan fingerprint density at radius 2 is 2.03 bits per heavy atom. The molecule has 1 amide bonds. The maximum Gasteiger partial charge on any atom is 0.212 e. The molecule has 0 unspecified atom stereocenters. The van der Waals surface area contributed by atoms with Crippen LogP contribution in [0.3, 0.4) is 0 Å². The van der Waals surface area contributed by atoms with Gasteiger partial charge < -0.3 is 14.5 Å². The van der Waals surface area contributed by atoms with Gasteiger partial charge in [-0.1, -0.05) is 24.3 Å². The van der Waals surface area contributed by atoms with Gasteiger partial charge in [-0.25, -0.2) is 9.97 Å². The number of hydrogen-bond acceptors (Lipinski definition) is 5. The van der Waals surface area contributed by atoms with E-state index in [9.17, 15) is 4.79 Å². The number of hydrogen-bond donors (Lipinski definition) is 1. The van der Waals surface area contributed by atoms with Crippen LogP contribution in [0, 0.1) is 0 Å². The van der Waals surface area contributed by atoms with Crippen LogP contribution in [0.4, 0.5) is 5.82 Å². The van der Waals surface area contributed by atoms with E-state index in [0.717, 1.165) is 5.70 Å². The van der Waals surface area contributed by atoms with Crippen molar-refractivity contribution >= 4 is 17.9 Å². The van der Waals surface area contributed by atoms with Crippen LogP contribution < -0.4 is 5.32 Å². The van der Waals surface area contributed by atoms with Gasteiger partial charge in [0.05, 0.1) is 12.0 Å². The quantitative estimate of drug-likeness (QED) is 0.378. The largest absolute Gasteiger partial charge is 0.313 e. The molecule has 0 aromatic carbocycles. The van der Waals surface area contributed by atoms with Crippen LogP contribution in [-0.4, -0.2) is 35.7 Å². The van der Waals surface area contributed by atoms with Crippen molar-refractivity contribution in [3.63, 3.8) is 0 Å². The smallest absolute Gasteiger partial charge is 0.212 e. The Labute approximate surface area is 194 Å². The highest BCUT2D eigenvalue weighted by Crippen LogP contribution is 2.39. The van der Waals surface area contributed by atoms with Crippen molar-refractivity contribution in [3.8, 4) is 11.5 Å². The maximum atomic E-state index is 10.4. The fourth-order valence-corrected chi connectivity index (χ4v) is 3.20. The molecule has 0 saturated heterocycles. The van der Waals surface area contributed by atoms with Crippen LogP contribution in [0.15, 0.2) is 67.4 Å². The number of nitrogens with zero attached hydrogens (tertiary/aromatic N) is 6. The Kier molecular flexibility index (Phi) is 8.07. The molecule has 4 rings (SSSR count). The lowest BCUT2D eigenvalue weighted by atomic mass is 10.2. The SMILES string of the molecule is C=C/C=C(\C=C(C)C)n1cnc(C2CC2)c1.CC(C)n1cnnc1-c1cccc(NC=O)n1. The van der Waals surface area contributed by atoms with E-state index in [2.05, 4.69) is 62.7 Å². The minimum atomic E-state index is 0.254. The molecule has 3 aromatic rings. The van der Waals surface area contributed by atoms with Crippen molar-refractivity contribution in [3.05, 3.63) is 73.1 Å². The van der Waals surface area contributed by atoms with Gasteiger partial charge in [-0.15, -0.1) is 10.2 Å². The Morgan fingerprint density at radius 1 is 1.24 bits per heavy atom. The second kappa shape index (κ2) is 11.2. The zero-order chi connectivity index (χ0) is 23.8. The number of carbonyl (C=O) groups is 1. The topological polar surface area (TPSA) is 90.5 Å². The summed E-state index contributed by atoms with van der Waals surface area (Å²) in [6.07, 6.45) is 14.8. The average Bonchev–Trinajstić information content (AvgIpc) is 3.31. The van der Waals surface area contributed by atoms with Gasteiger partial charge >= 0.3 is 0 Å². The number of rotatable bonds is 8. The van der Waals surface area contributed by atoms with Crippen molar-refractivity contribution in [2.24, 2.45) is 0 Å². The van der Waals surface area contributed by atoms with Gasteiger partial charge in [0.25, 0.3) is 0 Å². The van der Waals surface area contributed by atoms with E-state index < -0.39 is 0 Å². The summed E-state index contributed by atoms with van der Waals surface area (Å²) >= 11 is 0. The van der Waals surface area contributed by atoms with Gasteiger partial charge in [0.1, 0.15) is 17.8 Å². The lowest BCUT2D eigenvalue weighted by Gasteiger charge is -2.09. The predicted molar refractivity (Wildman–Crippen MR) is 131 cm³/mol. The van der Waals surface area contributed by atoms with Gasteiger partial charge in [0.15, 0.2) is 5.82 Å². The maximum absolute atomic E-state index is 10.4. The first-order chi connectivity index (χ1) is 15.9. The zero-order valence-corrected chi connectivity index (χ0v) is 19.6. The highest BCUT2D eigenvalue weighted by atomic mass is 16.1. The van der Waals surface area contributed by atoms with Crippen molar-refractivity contribution in [1.29, 1.82) is 0 Å². The molecule has 8 heteroatoms. The first-order valence-electron chi connectivity index (χ1n) is 11.0. The number of amides is 1. The second-order valence-electron chi connectivity index (χ2n) is 8.35. The van der Waals surface area contributed by atoms with E-state index in [1.165, 1.54) is 24.1 Å². The monoisotopic (exact) mass is 445 g/mol. The molecule has 1 aliphatic carbocycles. The molecule has 8 nitrogen and oxygen atoms in total. The van der Waals surface area contributed by atoms with Crippen LogP contribution >= 0.6 is 0 Å². The molecule has 0 spiro atoms. The van der Waals surface area contributed by atoms with Gasteiger partial charge in [-0.3, -0.25) is 4.79 Å². The molecule has 172 valence electrons. The summed E-state index contributed by atoms with van der Waals surface area (Å²) in [7, 11) is 0. The van der Waals surface area contributed by atoms with Gasteiger partial charge in [0.2, 0.25) is 6.41 Å². The van der Waals surface area contributed by atoms with Crippen molar-refractivity contribution in [2.45, 2.75) is 52.5 Å². The van der Waals surface area contributed by atoms with Crippen molar-refractivity contribution < 1.29 is 4.79 Å². The lowest BCUT2D eigenvalue weighted by molar-refractivity contribution is -0.105. The molecule has 0 atom stereocenters. The summed E-state index contributed by atoms with van der Waals surface area (Å²) in [6, 6.07) is 5.62. The molecule has 0 radical (unpaired) electrons. The van der Waals surface area contributed by atoms with Crippen molar-refractivity contribution in [1.82, 2.24) is 29.3 Å². The van der Waals surface area contributed by atoms with Crippen LogP contribution in [0.25, 0.3) is 17.2 Å². The van der Waals surface area contributed by atoms with Gasteiger partial charge in [-0.05, 0) is 64.8 Å². The van der Waals surface area contributed by atoms with E-state index in [0.29, 0.717) is 29.7 Å². The minimum Gasteiger partial charge on any atom is -0.313 e. The normalized spacial score (nSPS) is 13.2. The van der Waals surface area contributed by atoms with E-state index in [4.69, 9.17) is 0 Å². The zero-order valence-electron chi connectivity index (χ0n) is 19.6. The number of pyridine rings is 1.